The highest BCUT2D eigenvalue weighted by Crippen LogP contribution is 2.36. The van der Waals surface area contributed by atoms with Crippen LogP contribution in [0.4, 0.5) is 0 Å². The molecule has 10 rings (SSSR count). The SMILES string of the molecule is [2H]c1c([2H])c([2H])c(-c2nc(-c3c([2H])c([2H])c4c(oc5c([2H])c([2H])c([2H])c([2H])c54)c3[2H])nc(-c3c([2H])c([2H])c4c5c([2H])c([2H])c([2H])c([2H])c5n(-c5c([2H])c([2H])c(-c6c([2H])c([2H])c([2H])c([2H])c6[2H])c([2H])c5[2H])c4c3[2H])n2)c([2H])c1[2H]. The molecule has 10 aromatic rings. The molecular weight excluding hydrogens is 613 g/mol. The molecule has 50 heavy (non-hydrogen) atoms. The highest BCUT2D eigenvalue weighted by atomic mass is 16.3. The molecule has 0 aliphatic rings. The van der Waals surface area contributed by atoms with E-state index in [4.69, 9.17) is 33.2 Å². The van der Waals surface area contributed by atoms with Crippen LogP contribution >= 0.6 is 0 Å². The summed E-state index contributed by atoms with van der Waals surface area (Å²) in [6, 6.07) is -25.1. The van der Waals surface area contributed by atoms with Gasteiger partial charge in [0.1, 0.15) is 11.2 Å². The van der Waals surface area contributed by atoms with Gasteiger partial charge in [0.25, 0.3) is 0 Å². The van der Waals surface area contributed by atoms with Gasteiger partial charge in [0, 0.05) is 43.9 Å². The maximum absolute atomic E-state index is 9.92. The van der Waals surface area contributed by atoms with Crippen LogP contribution in [0.3, 0.4) is 0 Å². The number of aromatic nitrogens is 4. The Bertz CT molecular complexity index is 4410. The Hall–Kier alpha value is -6.85. The fourth-order valence-corrected chi connectivity index (χ4v) is 5.25. The molecule has 0 N–H and O–H groups in total. The number of hydrogen-bond acceptors (Lipinski definition) is 4. The lowest BCUT2D eigenvalue weighted by molar-refractivity contribution is 0.669. The van der Waals surface area contributed by atoms with E-state index >= 15 is 0 Å². The molecule has 0 amide bonds. The Balaban J connectivity index is 1.38. The van der Waals surface area contributed by atoms with E-state index in [1.54, 1.807) is 0 Å². The van der Waals surface area contributed by atoms with Gasteiger partial charge in [0.2, 0.25) is 0 Å². The van der Waals surface area contributed by atoms with Crippen LogP contribution in [-0.2, 0) is 0 Å². The number of hydrogen-bond donors (Lipinski definition) is 0. The Labute approximate surface area is 327 Å². The van der Waals surface area contributed by atoms with E-state index in [9.17, 15) is 9.60 Å². The number of nitrogens with zero attached hydrogens (tertiary/aromatic N) is 4. The van der Waals surface area contributed by atoms with Crippen LogP contribution in [-0.4, -0.2) is 19.5 Å². The normalized spacial score (nSPS) is 19.4. The highest BCUT2D eigenvalue weighted by molar-refractivity contribution is 6.10. The van der Waals surface area contributed by atoms with Crippen molar-refractivity contribution in [1.82, 2.24) is 19.5 Å². The van der Waals surface area contributed by atoms with Crippen molar-refractivity contribution < 1.29 is 42.8 Å². The number of para-hydroxylation sites is 2. The molecule has 0 saturated carbocycles. The first-order valence-electron chi connectivity index (χ1n) is 28.4. The van der Waals surface area contributed by atoms with Crippen molar-refractivity contribution in [1.29, 1.82) is 0 Å². The van der Waals surface area contributed by atoms with E-state index in [1.165, 1.54) is 0 Å². The number of furan rings is 1. The molecule has 0 saturated heterocycles. The molecule has 0 atom stereocenters. The molecule has 3 aromatic heterocycles. The average molecular weight is 669 g/mol. The van der Waals surface area contributed by atoms with Crippen LogP contribution in [0, 0.1) is 0 Å². The van der Waals surface area contributed by atoms with Crippen LogP contribution in [0.1, 0.15) is 38.4 Å². The van der Waals surface area contributed by atoms with Crippen molar-refractivity contribution in [3.63, 3.8) is 0 Å². The van der Waals surface area contributed by atoms with Crippen LogP contribution in [0.2, 0.25) is 0 Å². The molecule has 0 aliphatic heterocycles. The van der Waals surface area contributed by atoms with Gasteiger partial charge in [-0.25, -0.2) is 15.0 Å². The van der Waals surface area contributed by atoms with Crippen LogP contribution < -0.4 is 0 Å². The molecular formula is C45H28N4O. The van der Waals surface area contributed by atoms with Gasteiger partial charge in [-0.3, -0.25) is 0 Å². The fourth-order valence-electron chi connectivity index (χ4n) is 5.25. The molecule has 5 nitrogen and oxygen atoms in total. The minimum absolute atomic E-state index is 0.359. The first-order valence-corrected chi connectivity index (χ1v) is 14.4. The van der Waals surface area contributed by atoms with Gasteiger partial charge in [-0.2, -0.15) is 0 Å². The van der Waals surface area contributed by atoms with E-state index in [-0.39, 0.29) is 5.39 Å². The van der Waals surface area contributed by atoms with E-state index in [2.05, 4.69) is 15.0 Å². The monoisotopic (exact) mass is 668 g/mol. The lowest BCUT2D eigenvalue weighted by Crippen LogP contribution is -2.00. The summed E-state index contributed by atoms with van der Waals surface area (Å²) in [4.78, 5) is 13.0. The predicted molar refractivity (Wildman–Crippen MR) is 203 cm³/mol. The molecule has 234 valence electrons. The summed E-state index contributed by atoms with van der Waals surface area (Å²) in [6.45, 7) is 0. The Morgan fingerprint density at radius 3 is 1.62 bits per heavy atom. The van der Waals surface area contributed by atoms with E-state index in [0.717, 1.165) is 0 Å². The quantitative estimate of drug-likeness (QED) is 0.183. The summed E-state index contributed by atoms with van der Waals surface area (Å²) in [5.41, 5.74) is -7.21. The van der Waals surface area contributed by atoms with Gasteiger partial charge in [-0.1, -0.05) is 127 Å². The molecule has 0 fully saturated rings. The highest BCUT2D eigenvalue weighted by Gasteiger charge is 2.17. The van der Waals surface area contributed by atoms with Crippen LogP contribution in [0.15, 0.2) is 174 Å². The summed E-state index contributed by atoms with van der Waals surface area (Å²) >= 11 is 0. The lowest BCUT2D eigenvalue weighted by atomic mass is 10.1. The second-order valence-electron chi connectivity index (χ2n) is 10.3. The van der Waals surface area contributed by atoms with Crippen molar-refractivity contribution in [2.45, 2.75) is 0 Å². The van der Waals surface area contributed by atoms with Crippen molar-refractivity contribution in [3.05, 3.63) is 169 Å². The van der Waals surface area contributed by atoms with Gasteiger partial charge in [0.05, 0.1) is 49.4 Å². The van der Waals surface area contributed by atoms with Gasteiger partial charge >= 0.3 is 0 Å². The molecule has 3 heterocycles. The minimum Gasteiger partial charge on any atom is -0.456 e. The molecule has 0 unspecified atom stereocenters. The Kier molecular flexibility index (Phi) is 2.72. The molecule has 5 heteroatoms. The van der Waals surface area contributed by atoms with Crippen molar-refractivity contribution in [2.24, 2.45) is 0 Å². The van der Waals surface area contributed by atoms with E-state index < -0.39 is 259 Å². The standard InChI is InChI=1S/C45H28N4O/c1-3-11-29(12-4-1)30-19-23-34(24-20-30)49-39-17-9-7-15-35(39)36-25-21-32(27-40(36)49)44-46-43(31-13-5-2-6-14-31)47-45(48-44)33-22-26-38-37-16-8-10-18-41(37)50-42(38)28-33/h1-28H/i1D,2D,3D,4D,5D,6D,7D,8D,9D,10D,11D,12D,13D,14D,15D,16D,17D,18D,19D,20D,21D,22D,23D,24D,25D,26D,27D,28D. The molecule has 0 spiro atoms. The molecule has 0 aliphatic carbocycles. The third-order valence-electron chi connectivity index (χ3n) is 7.43. The van der Waals surface area contributed by atoms with Crippen molar-refractivity contribution >= 4 is 43.7 Å². The zero-order valence-electron chi connectivity index (χ0n) is 52.7. The van der Waals surface area contributed by atoms with Crippen molar-refractivity contribution in [2.75, 3.05) is 0 Å². The topological polar surface area (TPSA) is 56.7 Å². The molecule has 0 bridgehead atoms. The summed E-state index contributed by atoms with van der Waals surface area (Å²) < 4.78 is 253. The summed E-state index contributed by atoms with van der Waals surface area (Å²) in [5.74, 6) is -2.61. The summed E-state index contributed by atoms with van der Waals surface area (Å²) in [7, 11) is 0. The first-order chi connectivity index (χ1) is 36.4. The van der Waals surface area contributed by atoms with Crippen molar-refractivity contribution in [3.8, 4) is 51.0 Å². The molecule has 7 aromatic carbocycles. The fraction of sp³-hybridized carbons (Fsp3) is 0. The second kappa shape index (κ2) is 11.4. The number of fused-ring (bicyclic) bond motifs is 6. The number of benzene rings is 7. The lowest BCUT2D eigenvalue weighted by Gasteiger charge is -2.11. The predicted octanol–water partition coefficient (Wildman–Crippen LogP) is 11.5. The Morgan fingerprint density at radius 1 is 0.380 bits per heavy atom. The van der Waals surface area contributed by atoms with Gasteiger partial charge in [0.15, 0.2) is 17.5 Å². The summed E-state index contributed by atoms with van der Waals surface area (Å²) in [6.07, 6.45) is 0. The van der Waals surface area contributed by atoms with Gasteiger partial charge in [-0.05, 0) is 53.4 Å². The van der Waals surface area contributed by atoms with Gasteiger partial charge < -0.3 is 8.98 Å². The van der Waals surface area contributed by atoms with Gasteiger partial charge in [-0.15, -0.1) is 0 Å². The second-order valence-corrected chi connectivity index (χ2v) is 10.3. The van der Waals surface area contributed by atoms with E-state index in [1.807, 2.05) is 0 Å². The Morgan fingerprint density at radius 2 is 0.880 bits per heavy atom. The van der Waals surface area contributed by atoms with Crippen LogP contribution in [0.25, 0.3) is 94.7 Å². The van der Waals surface area contributed by atoms with Crippen LogP contribution in [0.5, 0.6) is 0 Å². The third kappa shape index (κ3) is 4.67. The third-order valence-corrected chi connectivity index (χ3v) is 7.43. The summed E-state index contributed by atoms with van der Waals surface area (Å²) in [5, 5.41) is -1.94. The maximum Gasteiger partial charge on any atom is 0.164 e. The largest absolute Gasteiger partial charge is 0.456 e. The van der Waals surface area contributed by atoms with E-state index in [0.29, 0.717) is 4.57 Å². The first kappa shape index (κ1) is 11.9. The molecule has 0 radical (unpaired) electrons. The smallest absolute Gasteiger partial charge is 0.164 e. The zero-order valence-corrected chi connectivity index (χ0v) is 24.7. The maximum atomic E-state index is 9.92. The minimum atomic E-state index is -1.07. The number of rotatable bonds is 5. The average Bonchev–Trinajstić information content (AvgIpc) is 3.93. The zero-order chi connectivity index (χ0) is 57.4.